The van der Waals surface area contributed by atoms with Crippen LogP contribution in [0.3, 0.4) is 0 Å². The molecular formula is C31H33FN4O5. The molecule has 5 rings (SSSR count). The molecule has 2 atom stereocenters. The smallest absolute Gasteiger partial charge is 0.242 e. The number of carbonyl (C=O) groups excluding carboxylic acids is 3. The Labute approximate surface area is 238 Å². The summed E-state index contributed by atoms with van der Waals surface area (Å²) in [4.78, 5) is 48.8. The third-order valence-corrected chi connectivity index (χ3v) is 7.46. The molecule has 9 nitrogen and oxygen atoms in total. The highest BCUT2D eigenvalue weighted by Gasteiger charge is 2.39. The van der Waals surface area contributed by atoms with Crippen molar-refractivity contribution in [1.82, 2.24) is 19.7 Å². The summed E-state index contributed by atoms with van der Waals surface area (Å²) in [5.74, 6) is -0.816. The molecule has 2 aliphatic rings. The third kappa shape index (κ3) is 7.07. The zero-order chi connectivity index (χ0) is 28.8. The number of hydrogen-bond acceptors (Lipinski definition) is 6. The Bertz CT molecular complexity index is 1370. The fraction of sp³-hybridized carbons (Fsp3) is 0.355. The average molecular weight is 561 g/mol. The summed E-state index contributed by atoms with van der Waals surface area (Å²) in [7, 11) is 1.59. The van der Waals surface area contributed by atoms with Crippen LogP contribution >= 0.6 is 0 Å². The van der Waals surface area contributed by atoms with Crippen LogP contribution in [0, 0.1) is 11.7 Å². The van der Waals surface area contributed by atoms with Crippen LogP contribution in [-0.2, 0) is 38.8 Å². The van der Waals surface area contributed by atoms with E-state index < -0.39 is 12.0 Å². The van der Waals surface area contributed by atoms with E-state index in [-0.39, 0.29) is 62.7 Å². The lowest BCUT2D eigenvalue weighted by Gasteiger charge is -2.26. The van der Waals surface area contributed by atoms with E-state index in [2.05, 4.69) is 4.98 Å². The maximum absolute atomic E-state index is 14.3. The van der Waals surface area contributed by atoms with Gasteiger partial charge in [-0.05, 0) is 35.4 Å². The van der Waals surface area contributed by atoms with Crippen molar-refractivity contribution in [3.63, 3.8) is 0 Å². The number of rotatable bonds is 9. The summed E-state index contributed by atoms with van der Waals surface area (Å²) in [6, 6.07) is 17.5. The van der Waals surface area contributed by atoms with Crippen molar-refractivity contribution in [3.8, 4) is 5.75 Å². The Kier molecular flexibility index (Phi) is 8.88. The number of nitrogens with zero attached hydrogens (tertiary/aromatic N) is 4. The van der Waals surface area contributed by atoms with Crippen LogP contribution in [0.4, 0.5) is 4.39 Å². The predicted molar refractivity (Wildman–Crippen MR) is 148 cm³/mol. The van der Waals surface area contributed by atoms with Crippen LogP contribution in [0.25, 0.3) is 0 Å². The Hall–Kier alpha value is -4.31. The number of hydrogen-bond donors (Lipinski definition) is 0. The van der Waals surface area contributed by atoms with Gasteiger partial charge in [0.25, 0.3) is 0 Å². The zero-order valence-electron chi connectivity index (χ0n) is 22.9. The van der Waals surface area contributed by atoms with Crippen molar-refractivity contribution in [2.45, 2.75) is 32.2 Å². The number of likely N-dealkylation sites (tertiary alicyclic amines) is 1. The fourth-order valence-electron chi connectivity index (χ4n) is 5.24. The molecule has 2 unspecified atom stereocenters. The Balaban J connectivity index is 1.30. The van der Waals surface area contributed by atoms with Crippen molar-refractivity contribution in [3.05, 3.63) is 95.6 Å². The van der Waals surface area contributed by atoms with Crippen molar-refractivity contribution in [1.29, 1.82) is 0 Å². The second-order valence-corrected chi connectivity index (χ2v) is 10.4. The Morgan fingerprint density at radius 3 is 2.41 bits per heavy atom. The summed E-state index contributed by atoms with van der Waals surface area (Å²) >= 11 is 0. The van der Waals surface area contributed by atoms with Crippen LogP contribution in [0.5, 0.6) is 5.75 Å². The minimum absolute atomic E-state index is 0.00470. The molecule has 0 radical (unpaired) electrons. The number of ether oxygens (including phenoxy) is 2. The molecule has 1 aromatic heterocycles. The molecule has 10 heteroatoms. The molecule has 0 bridgehead atoms. The highest BCUT2D eigenvalue weighted by atomic mass is 19.1. The van der Waals surface area contributed by atoms with Crippen molar-refractivity contribution < 1.29 is 28.2 Å². The third-order valence-electron chi connectivity index (χ3n) is 7.46. The number of benzene rings is 2. The predicted octanol–water partition coefficient (Wildman–Crippen LogP) is 3.03. The van der Waals surface area contributed by atoms with E-state index in [1.54, 1.807) is 53.6 Å². The molecule has 41 heavy (non-hydrogen) atoms. The van der Waals surface area contributed by atoms with E-state index in [0.717, 1.165) is 11.1 Å². The van der Waals surface area contributed by atoms with Gasteiger partial charge < -0.3 is 24.2 Å². The van der Waals surface area contributed by atoms with Gasteiger partial charge in [0.1, 0.15) is 11.6 Å². The van der Waals surface area contributed by atoms with Gasteiger partial charge in [-0.1, -0.05) is 36.4 Å². The molecule has 2 aromatic carbocycles. The van der Waals surface area contributed by atoms with Crippen molar-refractivity contribution in [2.24, 2.45) is 5.92 Å². The molecule has 3 amide bonds. The first-order valence-electron chi connectivity index (χ1n) is 13.6. The molecule has 0 saturated carbocycles. The number of methoxy groups -OCH3 is 1. The first-order chi connectivity index (χ1) is 19.9. The molecule has 3 heterocycles. The second kappa shape index (κ2) is 12.9. The number of halogens is 1. The quantitative estimate of drug-likeness (QED) is 0.400. The second-order valence-electron chi connectivity index (χ2n) is 10.4. The largest absolute Gasteiger partial charge is 0.497 e. The van der Waals surface area contributed by atoms with E-state index in [1.165, 1.54) is 11.0 Å². The zero-order valence-corrected chi connectivity index (χ0v) is 22.9. The number of pyridine rings is 1. The highest BCUT2D eigenvalue weighted by molar-refractivity contribution is 5.91. The van der Waals surface area contributed by atoms with Crippen LogP contribution in [0.1, 0.15) is 23.1 Å². The highest BCUT2D eigenvalue weighted by Crippen LogP contribution is 2.24. The standard InChI is InChI=1S/C31H33FN4O5/c1-40-26-10-8-22(9-11-26)15-35-18-27(41-21-24-6-2-3-7-28(24)32)19-36(20-30(35)38)31(39)25-13-29(37)34(17-25)16-23-5-4-12-33-14-23/h2-12,14,25,27H,13,15-21H2,1H3. The number of amides is 3. The van der Waals surface area contributed by atoms with Gasteiger partial charge in [-0.2, -0.15) is 0 Å². The van der Waals surface area contributed by atoms with Gasteiger partial charge in [0.15, 0.2) is 0 Å². The first kappa shape index (κ1) is 28.2. The van der Waals surface area contributed by atoms with Gasteiger partial charge in [-0.25, -0.2) is 4.39 Å². The summed E-state index contributed by atoms with van der Waals surface area (Å²) in [5, 5.41) is 0. The normalized spacial score (nSPS) is 19.4. The van der Waals surface area contributed by atoms with Gasteiger partial charge in [0, 0.05) is 57.1 Å². The Morgan fingerprint density at radius 1 is 0.927 bits per heavy atom. The lowest BCUT2D eigenvalue weighted by Crippen LogP contribution is -2.43. The molecule has 2 aliphatic heterocycles. The van der Waals surface area contributed by atoms with Gasteiger partial charge in [-0.15, -0.1) is 0 Å². The monoisotopic (exact) mass is 560 g/mol. The lowest BCUT2D eigenvalue weighted by atomic mass is 10.1. The topological polar surface area (TPSA) is 92.3 Å². The van der Waals surface area contributed by atoms with E-state index in [1.807, 2.05) is 30.3 Å². The van der Waals surface area contributed by atoms with Crippen LogP contribution in [0.15, 0.2) is 73.1 Å². The van der Waals surface area contributed by atoms with Gasteiger partial charge in [-0.3, -0.25) is 19.4 Å². The van der Waals surface area contributed by atoms with Gasteiger partial charge >= 0.3 is 0 Å². The number of aromatic nitrogens is 1. The molecule has 0 spiro atoms. The van der Waals surface area contributed by atoms with E-state index in [9.17, 15) is 18.8 Å². The van der Waals surface area contributed by atoms with Crippen molar-refractivity contribution >= 4 is 17.7 Å². The summed E-state index contributed by atoms with van der Waals surface area (Å²) < 4.78 is 25.6. The average Bonchev–Trinajstić information content (AvgIpc) is 3.27. The minimum Gasteiger partial charge on any atom is -0.497 e. The lowest BCUT2D eigenvalue weighted by molar-refractivity contribution is -0.141. The van der Waals surface area contributed by atoms with E-state index >= 15 is 0 Å². The van der Waals surface area contributed by atoms with Crippen LogP contribution in [0.2, 0.25) is 0 Å². The fourth-order valence-corrected chi connectivity index (χ4v) is 5.24. The first-order valence-corrected chi connectivity index (χ1v) is 13.6. The molecule has 3 aromatic rings. The molecule has 214 valence electrons. The maximum atomic E-state index is 14.3. The summed E-state index contributed by atoms with van der Waals surface area (Å²) in [6.07, 6.45) is 2.90. The minimum atomic E-state index is -0.563. The van der Waals surface area contributed by atoms with Crippen LogP contribution < -0.4 is 4.74 Å². The summed E-state index contributed by atoms with van der Waals surface area (Å²) in [5.41, 5.74) is 2.18. The van der Waals surface area contributed by atoms with Gasteiger partial charge in [0.2, 0.25) is 17.7 Å². The molecule has 0 N–H and O–H groups in total. The molecular weight excluding hydrogens is 527 g/mol. The molecule has 2 fully saturated rings. The SMILES string of the molecule is COc1ccc(CN2CC(OCc3ccccc3F)CN(C(=O)C3CC(=O)N(Cc4cccnc4)C3)CC2=O)cc1. The molecule has 2 saturated heterocycles. The van der Waals surface area contributed by atoms with E-state index in [4.69, 9.17) is 9.47 Å². The molecule has 0 aliphatic carbocycles. The maximum Gasteiger partial charge on any atom is 0.242 e. The number of carbonyl (C=O) groups is 3. The van der Waals surface area contributed by atoms with Gasteiger partial charge in [0.05, 0.1) is 32.3 Å². The Morgan fingerprint density at radius 2 is 1.68 bits per heavy atom. The van der Waals surface area contributed by atoms with Crippen LogP contribution in [-0.4, -0.2) is 76.8 Å². The van der Waals surface area contributed by atoms with Crippen molar-refractivity contribution in [2.75, 3.05) is 33.3 Å². The summed E-state index contributed by atoms with van der Waals surface area (Å²) in [6.45, 7) is 1.25. The van der Waals surface area contributed by atoms with E-state index in [0.29, 0.717) is 24.4 Å².